The van der Waals surface area contributed by atoms with E-state index in [1.54, 1.807) is 6.26 Å². The van der Waals surface area contributed by atoms with Crippen molar-refractivity contribution in [3.05, 3.63) is 94.4 Å². The van der Waals surface area contributed by atoms with Crippen molar-refractivity contribution in [1.82, 2.24) is 4.90 Å². The van der Waals surface area contributed by atoms with Gasteiger partial charge in [-0.25, -0.2) is 0 Å². The highest BCUT2D eigenvalue weighted by Gasteiger charge is 2.17. The summed E-state index contributed by atoms with van der Waals surface area (Å²) in [7, 11) is 0. The number of hydrogen-bond acceptors (Lipinski definition) is 2. The summed E-state index contributed by atoms with van der Waals surface area (Å²) in [5.41, 5.74) is 1.89. The molecule has 122 valence electrons. The highest BCUT2D eigenvalue weighted by atomic mass is 79.9. The maximum absolute atomic E-state index is 12.9. The van der Waals surface area contributed by atoms with Gasteiger partial charge in [0.15, 0.2) is 0 Å². The van der Waals surface area contributed by atoms with Gasteiger partial charge < -0.3 is 9.32 Å². The Hall–Kier alpha value is -2.33. The molecule has 1 amide bonds. The highest BCUT2D eigenvalue weighted by molar-refractivity contribution is 9.10. The molecule has 1 heterocycles. The first-order valence-corrected chi connectivity index (χ1v) is 8.63. The van der Waals surface area contributed by atoms with Crippen molar-refractivity contribution in [3.63, 3.8) is 0 Å². The molecule has 0 radical (unpaired) electrons. The molecule has 3 nitrogen and oxygen atoms in total. The maximum Gasteiger partial charge on any atom is 0.254 e. The number of rotatable bonds is 6. The predicted octanol–water partition coefficient (Wildman–Crippen LogP) is 4.93. The third kappa shape index (κ3) is 4.36. The number of amides is 1. The van der Waals surface area contributed by atoms with E-state index < -0.39 is 0 Å². The number of hydrogen-bond donors (Lipinski definition) is 0. The Balaban J connectivity index is 1.75. The van der Waals surface area contributed by atoms with Crippen LogP contribution in [-0.4, -0.2) is 17.4 Å². The van der Waals surface area contributed by atoms with E-state index in [0.29, 0.717) is 18.7 Å². The molecule has 0 saturated carbocycles. The van der Waals surface area contributed by atoms with Gasteiger partial charge >= 0.3 is 0 Å². The quantitative estimate of drug-likeness (QED) is 0.604. The molecule has 0 saturated heterocycles. The molecule has 0 spiro atoms. The first kappa shape index (κ1) is 16.5. The van der Waals surface area contributed by atoms with Crippen LogP contribution in [0.1, 0.15) is 21.7 Å². The van der Waals surface area contributed by atoms with Gasteiger partial charge in [-0.05, 0) is 48.4 Å². The second-order valence-electron chi connectivity index (χ2n) is 5.55. The van der Waals surface area contributed by atoms with Crippen LogP contribution in [0, 0.1) is 0 Å². The Morgan fingerprint density at radius 3 is 2.38 bits per heavy atom. The molecule has 3 rings (SSSR count). The summed E-state index contributed by atoms with van der Waals surface area (Å²) in [6.45, 7) is 1.11. The summed E-state index contributed by atoms with van der Waals surface area (Å²) in [5.74, 6) is 0.795. The monoisotopic (exact) mass is 383 g/mol. The normalized spacial score (nSPS) is 10.5. The molecule has 0 aliphatic heterocycles. The van der Waals surface area contributed by atoms with E-state index >= 15 is 0 Å². The zero-order chi connectivity index (χ0) is 16.8. The average Bonchev–Trinajstić information content (AvgIpc) is 3.13. The van der Waals surface area contributed by atoms with Crippen LogP contribution in [0.25, 0.3) is 0 Å². The van der Waals surface area contributed by atoms with Crippen LogP contribution in [0.15, 0.2) is 81.9 Å². The molecule has 3 aromatic rings. The Morgan fingerprint density at radius 2 is 1.71 bits per heavy atom. The van der Waals surface area contributed by atoms with Gasteiger partial charge in [0.25, 0.3) is 5.91 Å². The molecule has 0 fully saturated rings. The van der Waals surface area contributed by atoms with Crippen molar-refractivity contribution in [2.45, 2.75) is 13.0 Å². The number of halogens is 1. The molecule has 1 aromatic heterocycles. The van der Waals surface area contributed by atoms with Gasteiger partial charge in [-0.15, -0.1) is 0 Å². The minimum atomic E-state index is 0.00910. The lowest BCUT2D eigenvalue weighted by Gasteiger charge is -2.22. The fourth-order valence-electron chi connectivity index (χ4n) is 2.53. The summed E-state index contributed by atoms with van der Waals surface area (Å²) in [4.78, 5) is 14.7. The minimum Gasteiger partial charge on any atom is -0.467 e. The smallest absolute Gasteiger partial charge is 0.254 e. The minimum absolute atomic E-state index is 0.00910. The molecule has 0 atom stereocenters. The standard InChI is InChI=1S/C20H18BrNO2/c21-18-10-8-17(9-11-18)20(23)22(15-19-7-4-14-24-19)13-12-16-5-2-1-3-6-16/h1-11,14H,12-13,15H2. The summed E-state index contributed by atoms with van der Waals surface area (Å²) < 4.78 is 6.38. The number of furan rings is 1. The van der Waals surface area contributed by atoms with Crippen molar-refractivity contribution < 1.29 is 9.21 Å². The molecule has 0 aliphatic rings. The van der Waals surface area contributed by atoms with E-state index in [-0.39, 0.29) is 5.91 Å². The van der Waals surface area contributed by atoms with Crippen molar-refractivity contribution in [3.8, 4) is 0 Å². The maximum atomic E-state index is 12.9. The van der Waals surface area contributed by atoms with E-state index in [1.165, 1.54) is 5.56 Å². The molecule has 24 heavy (non-hydrogen) atoms. The van der Waals surface area contributed by atoms with E-state index in [1.807, 2.05) is 59.5 Å². The topological polar surface area (TPSA) is 33.5 Å². The predicted molar refractivity (Wildman–Crippen MR) is 97.7 cm³/mol. The van der Waals surface area contributed by atoms with Crippen molar-refractivity contribution in [2.75, 3.05) is 6.54 Å². The lowest BCUT2D eigenvalue weighted by Crippen LogP contribution is -2.32. The lowest BCUT2D eigenvalue weighted by atomic mass is 10.1. The van der Waals surface area contributed by atoms with E-state index in [2.05, 4.69) is 28.1 Å². The van der Waals surface area contributed by atoms with Crippen molar-refractivity contribution >= 4 is 21.8 Å². The molecule has 2 aromatic carbocycles. The van der Waals surface area contributed by atoms with E-state index in [4.69, 9.17) is 4.42 Å². The lowest BCUT2D eigenvalue weighted by molar-refractivity contribution is 0.0733. The number of nitrogens with zero attached hydrogens (tertiary/aromatic N) is 1. The fourth-order valence-corrected chi connectivity index (χ4v) is 2.79. The first-order chi connectivity index (χ1) is 11.7. The third-order valence-electron chi connectivity index (χ3n) is 3.82. The van der Waals surface area contributed by atoms with E-state index in [9.17, 15) is 4.79 Å². The molecule has 4 heteroatoms. The molecule has 0 unspecified atom stereocenters. The first-order valence-electron chi connectivity index (χ1n) is 7.83. The molecule has 0 bridgehead atoms. The van der Waals surface area contributed by atoms with Crippen LogP contribution < -0.4 is 0 Å². The van der Waals surface area contributed by atoms with Gasteiger partial charge in [-0.3, -0.25) is 4.79 Å². The third-order valence-corrected chi connectivity index (χ3v) is 4.35. The summed E-state index contributed by atoms with van der Waals surface area (Å²) in [6, 6.07) is 21.4. The van der Waals surface area contributed by atoms with Crippen LogP contribution in [0.2, 0.25) is 0 Å². The molecular weight excluding hydrogens is 366 g/mol. The van der Waals surface area contributed by atoms with Gasteiger partial charge in [-0.1, -0.05) is 46.3 Å². The van der Waals surface area contributed by atoms with Crippen LogP contribution in [-0.2, 0) is 13.0 Å². The Kier molecular flexibility index (Phi) is 5.49. The van der Waals surface area contributed by atoms with Gasteiger partial charge in [0.05, 0.1) is 12.8 Å². The van der Waals surface area contributed by atoms with Crippen LogP contribution in [0.5, 0.6) is 0 Å². The number of carbonyl (C=O) groups is 1. The largest absolute Gasteiger partial charge is 0.467 e. The highest BCUT2D eigenvalue weighted by Crippen LogP contribution is 2.15. The zero-order valence-corrected chi connectivity index (χ0v) is 14.8. The Morgan fingerprint density at radius 1 is 0.958 bits per heavy atom. The number of benzene rings is 2. The van der Waals surface area contributed by atoms with Crippen LogP contribution >= 0.6 is 15.9 Å². The van der Waals surface area contributed by atoms with Crippen LogP contribution in [0.4, 0.5) is 0 Å². The number of carbonyl (C=O) groups excluding carboxylic acids is 1. The summed E-state index contributed by atoms with van der Waals surface area (Å²) in [6.07, 6.45) is 2.44. The Bertz CT molecular complexity index is 767. The SMILES string of the molecule is O=C(c1ccc(Br)cc1)N(CCc1ccccc1)Cc1ccco1. The van der Waals surface area contributed by atoms with Crippen molar-refractivity contribution in [2.24, 2.45) is 0 Å². The molecular formula is C20H18BrNO2. The second kappa shape index (κ2) is 7.97. The van der Waals surface area contributed by atoms with Crippen LogP contribution in [0.3, 0.4) is 0 Å². The van der Waals surface area contributed by atoms with E-state index in [0.717, 1.165) is 16.7 Å². The second-order valence-corrected chi connectivity index (χ2v) is 6.46. The van der Waals surface area contributed by atoms with Gasteiger partial charge in [0.2, 0.25) is 0 Å². The summed E-state index contributed by atoms with van der Waals surface area (Å²) >= 11 is 3.40. The summed E-state index contributed by atoms with van der Waals surface area (Å²) in [5, 5.41) is 0. The van der Waals surface area contributed by atoms with Gasteiger partial charge in [0, 0.05) is 16.6 Å². The molecule has 0 aliphatic carbocycles. The van der Waals surface area contributed by atoms with Gasteiger partial charge in [0.1, 0.15) is 5.76 Å². The van der Waals surface area contributed by atoms with Gasteiger partial charge in [-0.2, -0.15) is 0 Å². The molecule has 0 N–H and O–H groups in total. The van der Waals surface area contributed by atoms with Crippen molar-refractivity contribution in [1.29, 1.82) is 0 Å². The average molecular weight is 384 g/mol. The fraction of sp³-hybridized carbons (Fsp3) is 0.150. The zero-order valence-electron chi connectivity index (χ0n) is 13.2. The Labute approximate surface area is 150 Å².